The Bertz CT molecular complexity index is 428. The van der Waals surface area contributed by atoms with Gasteiger partial charge in [-0.05, 0) is 13.1 Å². The number of nitrogens with zero attached hydrogens (tertiary/aromatic N) is 1. The van der Waals surface area contributed by atoms with E-state index < -0.39 is 9.84 Å². The summed E-state index contributed by atoms with van der Waals surface area (Å²) in [5.41, 5.74) is 0.486. The third-order valence-corrected chi connectivity index (χ3v) is 2.85. The molecule has 14 heavy (non-hydrogen) atoms. The number of aromatic nitrogens is 1. The second-order valence-corrected chi connectivity index (χ2v) is 5.00. The zero-order valence-corrected chi connectivity index (χ0v) is 8.84. The van der Waals surface area contributed by atoms with E-state index in [0.717, 1.165) is 12.5 Å². The highest BCUT2D eigenvalue weighted by atomic mass is 32.2. The molecular weight excluding hydrogens is 204 g/mol. The van der Waals surface area contributed by atoms with Crippen LogP contribution < -0.4 is 10.0 Å². The van der Waals surface area contributed by atoms with Gasteiger partial charge in [-0.15, -0.1) is 0 Å². The molecule has 0 saturated carbocycles. The van der Waals surface area contributed by atoms with Crippen LogP contribution in [0.25, 0.3) is 0 Å². The maximum absolute atomic E-state index is 11.3. The minimum atomic E-state index is -3.30. The lowest BCUT2D eigenvalue weighted by Crippen LogP contribution is -2.34. The Morgan fingerprint density at radius 2 is 2.14 bits per heavy atom. The minimum Gasteiger partial charge on any atom is -0.618 e. The van der Waals surface area contributed by atoms with E-state index in [0.29, 0.717) is 17.0 Å². The molecule has 0 atom stereocenters. The van der Waals surface area contributed by atoms with E-state index >= 15 is 0 Å². The molecule has 0 spiro atoms. The first kappa shape index (κ1) is 10.9. The molecule has 0 bridgehead atoms. The highest BCUT2D eigenvalue weighted by Gasteiger charge is 2.12. The summed E-state index contributed by atoms with van der Waals surface area (Å²) in [6.07, 6.45) is 2.14. The predicted octanol–water partition coefficient (Wildman–Crippen LogP) is -0.557. The zero-order valence-electron chi connectivity index (χ0n) is 8.02. The van der Waals surface area contributed by atoms with Crippen LogP contribution in [0.3, 0.4) is 0 Å². The zero-order chi connectivity index (χ0) is 10.8. The molecule has 5 nitrogen and oxygen atoms in total. The van der Waals surface area contributed by atoms with Gasteiger partial charge in [-0.1, -0.05) is 0 Å². The Hall–Kier alpha value is -1.14. The lowest BCUT2D eigenvalue weighted by Gasteiger charge is -2.04. The molecule has 1 heterocycles. The molecule has 0 saturated heterocycles. The maximum atomic E-state index is 11.3. The van der Waals surface area contributed by atoms with Crippen molar-refractivity contribution in [1.29, 1.82) is 0 Å². The molecule has 1 N–H and O–H groups in total. The van der Waals surface area contributed by atoms with Crippen LogP contribution in [0.15, 0.2) is 23.2 Å². The summed E-state index contributed by atoms with van der Waals surface area (Å²) < 4.78 is 22.7. The molecule has 1 aromatic heterocycles. The highest BCUT2D eigenvalue weighted by molar-refractivity contribution is 7.90. The van der Waals surface area contributed by atoms with Crippen molar-refractivity contribution < 1.29 is 13.1 Å². The van der Waals surface area contributed by atoms with Crippen LogP contribution in [0, 0.1) is 5.21 Å². The Kier molecular flexibility index (Phi) is 3.07. The van der Waals surface area contributed by atoms with Gasteiger partial charge < -0.3 is 10.5 Å². The fourth-order valence-corrected chi connectivity index (χ4v) is 1.63. The molecule has 0 amide bonds. The fourth-order valence-electron chi connectivity index (χ4n) is 1.03. The molecule has 1 rings (SSSR count). The molecule has 78 valence electrons. The van der Waals surface area contributed by atoms with Gasteiger partial charge >= 0.3 is 0 Å². The molecule has 6 heteroatoms. The average Bonchev–Trinajstić information content (AvgIpc) is 2.07. The first-order chi connectivity index (χ1) is 6.45. The third kappa shape index (κ3) is 2.43. The second kappa shape index (κ2) is 3.93. The Morgan fingerprint density at radius 3 is 2.57 bits per heavy atom. The van der Waals surface area contributed by atoms with Crippen molar-refractivity contribution in [1.82, 2.24) is 5.32 Å². The number of nitrogens with one attached hydrogen (secondary N) is 1. The van der Waals surface area contributed by atoms with Gasteiger partial charge in [0.15, 0.2) is 16.0 Å². The predicted molar refractivity (Wildman–Crippen MR) is 51.3 cm³/mol. The molecule has 0 fully saturated rings. The van der Waals surface area contributed by atoms with Crippen molar-refractivity contribution in [3.05, 3.63) is 29.2 Å². The lowest BCUT2D eigenvalue weighted by molar-refractivity contribution is -0.616. The van der Waals surface area contributed by atoms with Crippen molar-refractivity contribution in [2.75, 3.05) is 13.3 Å². The van der Waals surface area contributed by atoms with Crippen LogP contribution in [-0.2, 0) is 16.4 Å². The highest BCUT2D eigenvalue weighted by Crippen LogP contribution is 2.05. The van der Waals surface area contributed by atoms with Crippen LogP contribution in [0.1, 0.15) is 5.69 Å². The van der Waals surface area contributed by atoms with Crippen LogP contribution in [0.2, 0.25) is 0 Å². The van der Waals surface area contributed by atoms with Gasteiger partial charge in [0.1, 0.15) is 4.90 Å². The van der Waals surface area contributed by atoms with E-state index in [1.165, 1.54) is 12.1 Å². The van der Waals surface area contributed by atoms with E-state index in [-0.39, 0.29) is 4.90 Å². The topological polar surface area (TPSA) is 73.1 Å². The molecule has 0 aliphatic heterocycles. The first-order valence-corrected chi connectivity index (χ1v) is 5.91. The van der Waals surface area contributed by atoms with E-state index in [1.54, 1.807) is 7.05 Å². The van der Waals surface area contributed by atoms with Gasteiger partial charge in [-0.25, -0.2) is 8.42 Å². The number of rotatable bonds is 3. The summed E-state index contributed by atoms with van der Waals surface area (Å²) in [4.78, 5) is 0.0346. The maximum Gasteiger partial charge on any atom is 0.206 e. The summed E-state index contributed by atoms with van der Waals surface area (Å²) in [7, 11) is -1.59. The fraction of sp³-hybridized carbons (Fsp3) is 0.375. The average molecular weight is 216 g/mol. The quantitative estimate of drug-likeness (QED) is 0.543. The van der Waals surface area contributed by atoms with Crippen molar-refractivity contribution in [2.45, 2.75) is 11.4 Å². The number of sulfone groups is 1. The molecule has 1 aromatic rings. The number of pyridine rings is 1. The number of hydrogen-bond acceptors (Lipinski definition) is 4. The second-order valence-electron chi connectivity index (χ2n) is 2.98. The van der Waals surface area contributed by atoms with E-state index in [2.05, 4.69) is 5.32 Å². The van der Waals surface area contributed by atoms with Gasteiger partial charge in [0.2, 0.25) is 5.69 Å². The standard InChI is InChI=1S/C8H12N2O3S/c1-9-5-7-3-4-8(6-10(7)11)14(2,12)13/h3-4,6,9H,5H2,1-2H3. The summed E-state index contributed by atoms with van der Waals surface area (Å²) in [6.45, 7) is 0.410. The largest absolute Gasteiger partial charge is 0.618 e. The van der Waals surface area contributed by atoms with Gasteiger partial charge in [-0.3, -0.25) is 0 Å². The number of hydrogen-bond donors (Lipinski definition) is 1. The van der Waals surface area contributed by atoms with Crippen molar-refractivity contribution in [3.63, 3.8) is 0 Å². The van der Waals surface area contributed by atoms with Gasteiger partial charge in [-0.2, -0.15) is 4.73 Å². The van der Waals surface area contributed by atoms with Crippen molar-refractivity contribution >= 4 is 9.84 Å². The van der Waals surface area contributed by atoms with Crippen LogP contribution in [0.4, 0.5) is 0 Å². The monoisotopic (exact) mass is 216 g/mol. The van der Waals surface area contributed by atoms with Gasteiger partial charge in [0.25, 0.3) is 0 Å². The first-order valence-electron chi connectivity index (χ1n) is 4.02. The molecule has 0 radical (unpaired) electrons. The smallest absolute Gasteiger partial charge is 0.206 e. The molecular formula is C8H12N2O3S. The van der Waals surface area contributed by atoms with Crippen LogP contribution in [-0.4, -0.2) is 21.7 Å². The van der Waals surface area contributed by atoms with Crippen molar-refractivity contribution in [3.8, 4) is 0 Å². The Morgan fingerprint density at radius 1 is 1.50 bits per heavy atom. The third-order valence-electron chi connectivity index (χ3n) is 1.75. The van der Waals surface area contributed by atoms with Crippen LogP contribution in [0.5, 0.6) is 0 Å². The SMILES string of the molecule is CNCc1ccc(S(C)(=O)=O)c[n+]1[O-]. The van der Waals surface area contributed by atoms with Gasteiger partial charge in [0, 0.05) is 12.3 Å². The molecule has 0 aliphatic rings. The molecule has 0 aliphatic carbocycles. The van der Waals surface area contributed by atoms with E-state index in [4.69, 9.17) is 0 Å². The summed E-state index contributed by atoms with van der Waals surface area (Å²) in [5.74, 6) is 0. The summed E-state index contributed by atoms with van der Waals surface area (Å²) >= 11 is 0. The minimum absolute atomic E-state index is 0.0346. The molecule has 0 unspecified atom stereocenters. The van der Waals surface area contributed by atoms with E-state index in [9.17, 15) is 13.6 Å². The van der Waals surface area contributed by atoms with E-state index in [1.807, 2.05) is 0 Å². The van der Waals surface area contributed by atoms with Crippen LogP contribution >= 0.6 is 0 Å². The molecule has 0 aromatic carbocycles. The normalized spacial score (nSPS) is 11.6. The van der Waals surface area contributed by atoms with Gasteiger partial charge in [0.05, 0.1) is 6.54 Å². The van der Waals surface area contributed by atoms with Crippen molar-refractivity contribution in [2.24, 2.45) is 0 Å². The lowest BCUT2D eigenvalue weighted by atomic mass is 10.3. The Labute approximate surface area is 82.9 Å². The summed E-state index contributed by atoms with van der Waals surface area (Å²) in [5, 5.41) is 14.1. The Balaban J connectivity index is 3.13. The summed E-state index contributed by atoms with van der Waals surface area (Å²) in [6, 6.07) is 2.93.